The van der Waals surface area contributed by atoms with Crippen LogP contribution in [0.1, 0.15) is 67.1 Å². The average Bonchev–Trinajstić information content (AvgIpc) is 2.94. The summed E-state index contributed by atoms with van der Waals surface area (Å²) in [5.41, 5.74) is -0.370. The van der Waals surface area contributed by atoms with E-state index in [4.69, 9.17) is 9.63 Å². The van der Waals surface area contributed by atoms with Crippen molar-refractivity contribution in [1.29, 1.82) is 0 Å². The van der Waals surface area contributed by atoms with E-state index < -0.39 is 11.5 Å². The van der Waals surface area contributed by atoms with Crippen LogP contribution in [-0.4, -0.2) is 27.7 Å². The van der Waals surface area contributed by atoms with Gasteiger partial charge < -0.3 is 14.9 Å². The van der Waals surface area contributed by atoms with Crippen molar-refractivity contribution in [3.8, 4) is 0 Å². The summed E-state index contributed by atoms with van der Waals surface area (Å²) in [6.45, 7) is 0. The minimum Gasteiger partial charge on any atom is -0.481 e. The Balaban J connectivity index is 1.70. The van der Waals surface area contributed by atoms with E-state index in [-0.39, 0.29) is 18.0 Å². The number of carboxylic acid groups (broad SMARTS) is 1. The Morgan fingerprint density at radius 2 is 2.10 bits per heavy atom. The molecule has 0 aliphatic heterocycles. The summed E-state index contributed by atoms with van der Waals surface area (Å²) >= 11 is 0. The van der Waals surface area contributed by atoms with Crippen molar-refractivity contribution in [3.63, 3.8) is 0 Å². The lowest BCUT2D eigenvalue weighted by Crippen LogP contribution is -2.47. The molecule has 2 fully saturated rings. The second-order valence-corrected chi connectivity index (χ2v) is 5.90. The molecule has 0 radical (unpaired) electrons. The van der Waals surface area contributed by atoms with E-state index in [1.165, 1.54) is 0 Å². The molecule has 2 aliphatic rings. The molecule has 1 aromatic rings. The number of carbonyl (C=O) groups excluding carboxylic acids is 1. The molecule has 0 atom stereocenters. The molecule has 108 valence electrons. The van der Waals surface area contributed by atoms with Gasteiger partial charge in [-0.05, 0) is 25.7 Å². The third-order valence-corrected chi connectivity index (χ3v) is 4.17. The first-order valence-electron chi connectivity index (χ1n) is 7.09. The van der Waals surface area contributed by atoms with Crippen molar-refractivity contribution in [1.82, 2.24) is 10.5 Å². The Morgan fingerprint density at radius 1 is 1.40 bits per heavy atom. The van der Waals surface area contributed by atoms with E-state index in [0.717, 1.165) is 31.4 Å². The summed E-state index contributed by atoms with van der Waals surface area (Å²) in [6, 6.07) is 1.68. The van der Waals surface area contributed by atoms with Crippen LogP contribution in [0.15, 0.2) is 10.6 Å². The second kappa shape index (κ2) is 4.92. The van der Waals surface area contributed by atoms with Gasteiger partial charge in [0, 0.05) is 12.0 Å². The number of aliphatic carboxylic acids is 1. The van der Waals surface area contributed by atoms with Crippen LogP contribution in [0.5, 0.6) is 0 Å². The van der Waals surface area contributed by atoms with Gasteiger partial charge in [-0.2, -0.15) is 0 Å². The van der Waals surface area contributed by atoms with Gasteiger partial charge in [0.25, 0.3) is 5.91 Å². The van der Waals surface area contributed by atoms with Gasteiger partial charge in [0.15, 0.2) is 5.69 Å². The number of aromatic nitrogens is 1. The van der Waals surface area contributed by atoms with E-state index in [0.29, 0.717) is 18.8 Å². The first-order valence-corrected chi connectivity index (χ1v) is 7.09. The highest BCUT2D eigenvalue weighted by atomic mass is 16.5. The van der Waals surface area contributed by atoms with Crippen LogP contribution in [0.2, 0.25) is 0 Å². The summed E-state index contributed by atoms with van der Waals surface area (Å²) in [4.78, 5) is 23.2. The molecule has 1 amide bonds. The molecule has 1 heterocycles. The van der Waals surface area contributed by atoms with Gasteiger partial charge in [0.1, 0.15) is 5.76 Å². The molecule has 6 heteroatoms. The highest BCUT2D eigenvalue weighted by molar-refractivity contribution is 5.93. The lowest BCUT2D eigenvalue weighted by Gasteiger charge is -2.28. The Bertz CT molecular complexity index is 527. The lowest BCUT2D eigenvalue weighted by molar-refractivity contribution is -0.138. The van der Waals surface area contributed by atoms with E-state index in [2.05, 4.69) is 10.5 Å². The van der Waals surface area contributed by atoms with E-state index >= 15 is 0 Å². The molecule has 0 aromatic carbocycles. The Hall–Kier alpha value is -1.85. The van der Waals surface area contributed by atoms with E-state index in [9.17, 15) is 9.59 Å². The van der Waals surface area contributed by atoms with Gasteiger partial charge in [-0.15, -0.1) is 0 Å². The van der Waals surface area contributed by atoms with Crippen LogP contribution in [0, 0.1) is 0 Å². The van der Waals surface area contributed by atoms with Crippen molar-refractivity contribution < 1.29 is 19.2 Å². The fourth-order valence-electron chi connectivity index (χ4n) is 2.95. The minimum absolute atomic E-state index is 0.0356. The topological polar surface area (TPSA) is 92.4 Å². The van der Waals surface area contributed by atoms with Crippen molar-refractivity contribution in [2.75, 3.05) is 0 Å². The molecule has 20 heavy (non-hydrogen) atoms. The summed E-state index contributed by atoms with van der Waals surface area (Å²) in [6.07, 6.45) is 5.43. The standard InChI is InChI=1S/C14H18N2O4/c17-12(18)8-14(5-1-2-6-14)15-13(19)10-7-11(20-16-10)9-3-4-9/h7,9H,1-6,8H2,(H,15,19)(H,17,18). The maximum atomic E-state index is 12.2. The molecular weight excluding hydrogens is 260 g/mol. The van der Waals surface area contributed by atoms with Gasteiger partial charge in [0.2, 0.25) is 0 Å². The smallest absolute Gasteiger partial charge is 0.305 e. The number of hydrogen-bond acceptors (Lipinski definition) is 4. The second-order valence-electron chi connectivity index (χ2n) is 5.90. The molecule has 0 unspecified atom stereocenters. The van der Waals surface area contributed by atoms with Crippen molar-refractivity contribution in [3.05, 3.63) is 17.5 Å². The molecule has 0 saturated heterocycles. The third kappa shape index (κ3) is 2.69. The van der Waals surface area contributed by atoms with Crippen molar-refractivity contribution >= 4 is 11.9 Å². The lowest BCUT2D eigenvalue weighted by atomic mass is 9.93. The van der Waals surface area contributed by atoms with Crippen molar-refractivity contribution in [2.24, 2.45) is 0 Å². The number of nitrogens with zero attached hydrogens (tertiary/aromatic N) is 1. The number of carboxylic acids is 1. The number of rotatable bonds is 5. The molecule has 2 saturated carbocycles. The predicted octanol–water partition coefficient (Wildman–Crippen LogP) is 2.07. The number of amides is 1. The summed E-state index contributed by atoms with van der Waals surface area (Å²) < 4.78 is 5.16. The molecule has 6 nitrogen and oxygen atoms in total. The van der Waals surface area contributed by atoms with E-state index in [1.54, 1.807) is 6.07 Å². The largest absolute Gasteiger partial charge is 0.481 e. The summed E-state index contributed by atoms with van der Waals surface area (Å²) in [7, 11) is 0. The van der Waals surface area contributed by atoms with E-state index in [1.807, 2.05) is 0 Å². The normalized spacial score (nSPS) is 20.8. The van der Waals surface area contributed by atoms with Crippen LogP contribution < -0.4 is 5.32 Å². The minimum atomic E-state index is -0.883. The Kier molecular flexibility index (Phi) is 3.23. The molecule has 1 aromatic heterocycles. The highest BCUT2D eigenvalue weighted by Crippen LogP contribution is 2.40. The molecule has 2 aliphatic carbocycles. The van der Waals surface area contributed by atoms with Crippen LogP contribution in [-0.2, 0) is 4.79 Å². The van der Waals surface area contributed by atoms with Gasteiger partial charge >= 0.3 is 5.97 Å². The summed E-state index contributed by atoms with van der Waals surface area (Å²) in [5, 5.41) is 15.7. The van der Waals surface area contributed by atoms with Gasteiger partial charge in [-0.1, -0.05) is 18.0 Å². The number of hydrogen-bond donors (Lipinski definition) is 2. The average molecular weight is 278 g/mol. The molecule has 3 rings (SSSR count). The fraction of sp³-hybridized carbons (Fsp3) is 0.643. The maximum absolute atomic E-state index is 12.2. The number of nitrogens with one attached hydrogen (secondary N) is 1. The Labute approximate surface area is 116 Å². The predicted molar refractivity (Wildman–Crippen MR) is 69.4 cm³/mol. The Morgan fingerprint density at radius 3 is 2.70 bits per heavy atom. The zero-order valence-electron chi connectivity index (χ0n) is 11.2. The van der Waals surface area contributed by atoms with Gasteiger partial charge in [-0.25, -0.2) is 0 Å². The quantitative estimate of drug-likeness (QED) is 0.860. The summed E-state index contributed by atoms with van der Waals surface area (Å²) in [5.74, 6) is -0.0489. The van der Waals surface area contributed by atoms with Gasteiger partial charge in [0.05, 0.1) is 12.0 Å². The zero-order chi connectivity index (χ0) is 14.2. The highest BCUT2D eigenvalue weighted by Gasteiger charge is 2.38. The van der Waals surface area contributed by atoms with Crippen molar-refractivity contribution in [2.45, 2.75) is 56.4 Å². The maximum Gasteiger partial charge on any atom is 0.305 e. The zero-order valence-corrected chi connectivity index (χ0v) is 11.2. The fourth-order valence-corrected chi connectivity index (χ4v) is 2.95. The van der Waals surface area contributed by atoms with Gasteiger partial charge in [-0.3, -0.25) is 9.59 Å². The number of carbonyl (C=O) groups is 2. The van der Waals surface area contributed by atoms with Crippen LogP contribution >= 0.6 is 0 Å². The van der Waals surface area contributed by atoms with Crippen LogP contribution in [0.4, 0.5) is 0 Å². The molecule has 0 bridgehead atoms. The van der Waals surface area contributed by atoms with Crippen LogP contribution in [0.3, 0.4) is 0 Å². The molecule has 0 spiro atoms. The SMILES string of the molecule is O=C(O)CC1(NC(=O)c2cc(C3CC3)on2)CCCC1. The monoisotopic (exact) mass is 278 g/mol. The first kappa shape index (κ1) is 13.1. The van der Waals surface area contributed by atoms with Crippen LogP contribution in [0.25, 0.3) is 0 Å². The third-order valence-electron chi connectivity index (χ3n) is 4.17. The molecular formula is C14H18N2O4. The molecule has 2 N–H and O–H groups in total. The first-order chi connectivity index (χ1) is 9.58.